The number of amides is 1. The third-order valence-corrected chi connectivity index (χ3v) is 4.78. The van der Waals surface area contributed by atoms with E-state index in [1.165, 1.54) is 11.3 Å². The van der Waals surface area contributed by atoms with Gasteiger partial charge in [0, 0.05) is 12.5 Å². The Hall–Kier alpha value is -0.290. The van der Waals surface area contributed by atoms with Crippen molar-refractivity contribution in [2.45, 2.75) is 31.8 Å². The molecule has 1 aliphatic rings. The molecule has 1 heterocycles. The highest BCUT2D eigenvalue weighted by molar-refractivity contribution is 7.20. The van der Waals surface area contributed by atoms with E-state index in [0.29, 0.717) is 20.8 Å². The van der Waals surface area contributed by atoms with Crippen LogP contribution in [0, 0.1) is 5.92 Å². The number of carbonyl (C=O) groups excluding carboxylic acids is 1. The number of hydrogen-bond acceptors (Lipinski definition) is 3. The fraction of sp³-hybridized carbons (Fsp3) is 0.583. The van der Waals surface area contributed by atoms with Crippen LogP contribution in [0.1, 0.15) is 36.0 Å². The standard InChI is InChI=1S/C12H15Cl2NO2S/c13-10-5-8(11(14)18-10)12(17)15-6-7-3-1-2-4-9(7)16/h5,7,9,16H,1-4,6H2,(H,15,17). The summed E-state index contributed by atoms with van der Waals surface area (Å²) in [5, 5.41) is 12.6. The summed E-state index contributed by atoms with van der Waals surface area (Å²) in [5.74, 6) is -0.0727. The number of rotatable bonds is 3. The molecule has 0 aliphatic heterocycles. The van der Waals surface area contributed by atoms with E-state index in [2.05, 4.69) is 5.32 Å². The van der Waals surface area contributed by atoms with Crippen LogP contribution < -0.4 is 5.32 Å². The third-order valence-electron chi connectivity index (χ3n) is 3.30. The van der Waals surface area contributed by atoms with Gasteiger partial charge in [-0.25, -0.2) is 0 Å². The molecule has 1 fully saturated rings. The lowest BCUT2D eigenvalue weighted by atomic mass is 9.86. The van der Waals surface area contributed by atoms with Gasteiger partial charge in [0.1, 0.15) is 4.34 Å². The first kappa shape index (κ1) is 14.1. The van der Waals surface area contributed by atoms with Crippen LogP contribution >= 0.6 is 34.5 Å². The van der Waals surface area contributed by atoms with E-state index in [4.69, 9.17) is 23.2 Å². The van der Waals surface area contributed by atoms with Gasteiger partial charge >= 0.3 is 0 Å². The van der Waals surface area contributed by atoms with E-state index in [9.17, 15) is 9.90 Å². The number of halogens is 2. The zero-order valence-electron chi connectivity index (χ0n) is 9.79. The maximum atomic E-state index is 11.9. The number of aliphatic hydroxyl groups is 1. The summed E-state index contributed by atoms with van der Waals surface area (Å²) in [6.07, 6.45) is 3.66. The highest BCUT2D eigenvalue weighted by atomic mass is 35.5. The number of aliphatic hydroxyl groups excluding tert-OH is 1. The van der Waals surface area contributed by atoms with Gasteiger partial charge in [-0.15, -0.1) is 11.3 Å². The van der Waals surface area contributed by atoms with Crippen LogP contribution in [0.2, 0.25) is 8.67 Å². The van der Waals surface area contributed by atoms with Gasteiger partial charge in [-0.1, -0.05) is 36.0 Å². The van der Waals surface area contributed by atoms with Gasteiger partial charge in [0.25, 0.3) is 5.91 Å². The molecule has 0 aromatic carbocycles. The molecule has 6 heteroatoms. The average molecular weight is 308 g/mol. The summed E-state index contributed by atoms with van der Waals surface area (Å²) < 4.78 is 0.907. The highest BCUT2D eigenvalue weighted by Crippen LogP contribution is 2.31. The SMILES string of the molecule is O=C(NCC1CCCCC1O)c1cc(Cl)sc1Cl. The molecule has 1 aromatic rings. The fourth-order valence-electron chi connectivity index (χ4n) is 2.24. The zero-order chi connectivity index (χ0) is 13.1. The lowest BCUT2D eigenvalue weighted by molar-refractivity contribution is 0.0663. The van der Waals surface area contributed by atoms with Crippen LogP contribution in [-0.2, 0) is 0 Å². The molecule has 0 saturated heterocycles. The second-order valence-electron chi connectivity index (χ2n) is 4.56. The lowest BCUT2D eigenvalue weighted by Gasteiger charge is -2.27. The van der Waals surface area contributed by atoms with Crippen molar-refractivity contribution in [2.24, 2.45) is 5.92 Å². The van der Waals surface area contributed by atoms with Crippen molar-refractivity contribution in [3.63, 3.8) is 0 Å². The molecule has 2 rings (SSSR count). The second-order valence-corrected chi connectivity index (χ2v) is 6.85. The summed E-state index contributed by atoms with van der Waals surface area (Å²) in [7, 11) is 0. The molecule has 2 atom stereocenters. The van der Waals surface area contributed by atoms with Crippen LogP contribution in [-0.4, -0.2) is 23.7 Å². The Labute approximate surface area is 120 Å². The van der Waals surface area contributed by atoms with Crippen molar-refractivity contribution in [3.8, 4) is 0 Å². The molecule has 3 nitrogen and oxygen atoms in total. The molecule has 1 amide bonds. The van der Waals surface area contributed by atoms with Crippen molar-refractivity contribution < 1.29 is 9.90 Å². The van der Waals surface area contributed by atoms with Gasteiger partial charge in [-0.05, 0) is 18.9 Å². The van der Waals surface area contributed by atoms with Gasteiger partial charge in [-0.3, -0.25) is 4.79 Å². The predicted molar refractivity (Wildman–Crippen MR) is 74.6 cm³/mol. The Balaban J connectivity index is 1.90. The largest absolute Gasteiger partial charge is 0.393 e. The molecule has 1 aliphatic carbocycles. The molecule has 2 unspecified atom stereocenters. The quantitative estimate of drug-likeness (QED) is 0.900. The van der Waals surface area contributed by atoms with Gasteiger partial charge in [0.2, 0.25) is 0 Å². The van der Waals surface area contributed by atoms with Gasteiger partial charge in [0.15, 0.2) is 0 Å². The van der Waals surface area contributed by atoms with Crippen LogP contribution in [0.5, 0.6) is 0 Å². The van der Waals surface area contributed by atoms with E-state index in [0.717, 1.165) is 25.7 Å². The highest BCUT2D eigenvalue weighted by Gasteiger charge is 2.24. The summed E-state index contributed by atoms with van der Waals surface area (Å²) >= 11 is 12.9. The molecule has 1 saturated carbocycles. The molecule has 18 heavy (non-hydrogen) atoms. The van der Waals surface area contributed by atoms with Crippen molar-refractivity contribution in [1.29, 1.82) is 0 Å². The second kappa shape index (κ2) is 6.24. The molecule has 2 N–H and O–H groups in total. The van der Waals surface area contributed by atoms with E-state index in [-0.39, 0.29) is 17.9 Å². The van der Waals surface area contributed by atoms with Crippen molar-refractivity contribution in [2.75, 3.05) is 6.54 Å². The van der Waals surface area contributed by atoms with E-state index >= 15 is 0 Å². The Kier molecular flexibility index (Phi) is 4.90. The first-order valence-electron chi connectivity index (χ1n) is 5.99. The summed E-state index contributed by atoms with van der Waals surface area (Å²) in [6, 6.07) is 1.57. The molecule has 0 radical (unpaired) electrons. The first-order valence-corrected chi connectivity index (χ1v) is 7.56. The molecule has 0 bridgehead atoms. The third kappa shape index (κ3) is 3.38. The predicted octanol–water partition coefficient (Wildman–Crippen LogP) is 3.34. The van der Waals surface area contributed by atoms with Gasteiger partial charge < -0.3 is 10.4 Å². The Morgan fingerprint density at radius 3 is 2.78 bits per heavy atom. The minimum atomic E-state index is -0.305. The normalized spacial score (nSPS) is 23.9. The van der Waals surface area contributed by atoms with E-state index in [1.54, 1.807) is 6.07 Å². The maximum absolute atomic E-state index is 11.9. The number of carbonyl (C=O) groups is 1. The number of thiophene rings is 1. The molecule has 0 spiro atoms. The lowest BCUT2D eigenvalue weighted by Crippen LogP contribution is -2.36. The summed E-state index contributed by atoms with van der Waals surface area (Å²) in [5.41, 5.74) is 0.414. The number of nitrogens with one attached hydrogen (secondary N) is 1. The number of hydrogen-bond donors (Lipinski definition) is 2. The smallest absolute Gasteiger partial charge is 0.253 e. The minimum Gasteiger partial charge on any atom is -0.393 e. The first-order chi connectivity index (χ1) is 8.58. The molecule has 100 valence electrons. The van der Waals surface area contributed by atoms with E-state index < -0.39 is 0 Å². The van der Waals surface area contributed by atoms with Crippen LogP contribution in [0.25, 0.3) is 0 Å². The molecular formula is C12H15Cl2NO2S. The summed E-state index contributed by atoms with van der Waals surface area (Å²) in [6.45, 7) is 0.490. The van der Waals surface area contributed by atoms with Gasteiger partial charge in [0.05, 0.1) is 16.0 Å². The fourth-order valence-corrected chi connectivity index (χ4v) is 3.70. The Bertz CT molecular complexity index is 436. The van der Waals surface area contributed by atoms with Crippen LogP contribution in [0.4, 0.5) is 0 Å². The summed E-state index contributed by atoms with van der Waals surface area (Å²) in [4.78, 5) is 11.9. The van der Waals surface area contributed by atoms with Crippen molar-refractivity contribution in [3.05, 3.63) is 20.3 Å². The molecular weight excluding hydrogens is 293 g/mol. The zero-order valence-corrected chi connectivity index (χ0v) is 12.1. The topological polar surface area (TPSA) is 49.3 Å². The van der Waals surface area contributed by atoms with Crippen molar-refractivity contribution in [1.82, 2.24) is 5.32 Å². The van der Waals surface area contributed by atoms with Gasteiger partial charge in [-0.2, -0.15) is 0 Å². The van der Waals surface area contributed by atoms with Crippen LogP contribution in [0.15, 0.2) is 6.07 Å². The average Bonchev–Trinajstić information content (AvgIpc) is 2.67. The molecule has 1 aromatic heterocycles. The van der Waals surface area contributed by atoms with Crippen molar-refractivity contribution >= 4 is 40.4 Å². The van der Waals surface area contributed by atoms with E-state index in [1.807, 2.05) is 0 Å². The monoisotopic (exact) mass is 307 g/mol. The Morgan fingerprint density at radius 2 is 2.17 bits per heavy atom. The minimum absolute atomic E-state index is 0.149. The maximum Gasteiger partial charge on any atom is 0.253 e. The van der Waals surface area contributed by atoms with Crippen LogP contribution in [0.3, 0.4) is 0 Å². The Morgan fingerprint density at radius 1 is 1.44 bits per heavy atom.